The smallest absolute Gasteiger partial charge is 0.331 e. The Kier molecular flexibility index (Phi) is 3.18. The van der Waals surface area contributed by atoms with Crippen molar-refractivity contribution in [3.8, 4) is 6.07 Å². The summed E-state index contributed by atoms with van der Waals surface area (Å²) in [4.78, 5) is 14.6. The molecule has 3 heterocycles. The molecule has 0 aliphatic carbocycles. The van der Waals surface area contributed by atoms with E-state index >= 15 is 0 Å². The summed E-state index contributed by atoms with van der Waals surface area (Å²) in [5.74, 6) is -0.323. The van der Waals surface area contributed by atoms with Crippen molar-refractivity contribution in [2.24, 2.45) is 7.05 Å². The minimum absolute atomic E-state index is 0.447. The van der Waals surface area contributed by atoms with Crippen LogP contribution in [0.2, 0.25) is 0 Å². The molecule has 0 aromatic carbocycles. The average molecular weight is 302 g/mol. The molecule has 1 N–H and O–H groups in total. The van der Waals surface area contributed by atoms with Gasteiger partial charge in [0.1, 0.15) is 17.5 Å². The molecule has 108 valence electrons. The van der Waals surface area contributed by atoms with Crippen molar-refractivity contribution in [1.82, 2.24) is 9.78 Å². The maximum Gasteiger partial charge on any atom is 0.331 e. The number of anilines is 1. The van der Waals surface area contributed by atoms with Crippen LogP contribution in [0.15, 0.2) is 11.4 Å². The third kappa shape index (κ3) is 1.99. The SMILES string of the molecule is Cc1nn(C)c(N2CCc3sccc3C2C(=O)O)c1C#N. The Morgan fingerprint density at radius 3 is 3.05 bits per heavy atom. The van der Waals surface area contributed by atoms with Gasteiger partial charge in [0, 0.05) is 18.5 Å². The quantitative estimate of drug-likeness (QED) is 0.915. The lowest BCUT2D eigenvalue weighted by atomic mass is 9.99. The fraction of sp³-hybridized carbons (Fsp3) is 0.357. The van der Waals surface area contributed by atoms with E-state index in [1.165, 1.54) is 0 Å². The van der Waals surface area contributed by atoms with Crippen LogP contribution in [-0.4, -0.2) is 27.4 Å². The Morgan fingerprint density at radius 1 is 1.62 bits per heavy atom. The molecule has 0 spiro atoms. The van der Waals surface area contributed by atoms with Crippen LogP contribution < -0.4 is 4.90 Å². The number of thiophene rings is 1. The largest absolute Gasteiger partial charge is 0.479 e. The minimum Gasteiger partial charge on any atom is -0.479 e. The van der Waals surface area contributed by atoms with Crippen LogP contribution in [0.1, 0.15) is 27.7 Å². The number of rotatable bonds is 2. The van der Waals surface area contributed by atoms with E-state index in [-0.39, 0.29) is 0 Å². The van der Waals surface area contributed by atoms with Gasteiger partial charge in [-0.25, -0.2) is 4.79 Å². The number of carboxylic acid groups (broad SMARTS) is 1. The Labute approximate surface area is 125 Å². The normalized spacial score (nSPS) is 17.4. The van der Waals surface area contributed by atoms with Crippen LogP contribution >= 0.6 is 11.3 Å². The zero-order valence-corrected chi connectivity index (χ0v) is 12.5. The van der Waals surface area contributed by atoms with Crippen molar-refractivity contribution in [3.05, 3.63) is 33.1 Å². The molecule has 6 nitrogen and oxygen atoms in total. The van der Waals surface area contributed by atoms with Gasteiger partial charge in [-0.15, -0.1) is 11.3 Å². The first kappa shape index (κ1) is 13.6. The summed E-state index contributed by atoms with van der Waals surface area (Å²) in [6, 6.07) is 3.24. The molecule has 0 radical (unpaired) electrons. The molecule has 0 saturated heterocycles. The number of carboxylic acids is 1. The van der Waals surface area contributed by atoms with Crippen LogP contribution in [0.3, 0.4) is 0 Å². The molecule has 1 atom stereocenters. The van der Waals surface area contributed by atoms with E-state index in [4.69, 9.17) is 0 Å². The van der Waals surface area contributed by atoms with E-state index in [0.29, 0.717) is 23.6 Å². The number of hydrogen-bond donors (Lipinski definition) is 1. The summed E-state index contributed by atoms with van der Waals surface area (Å²) < 4.78 is 1.60. The molecule has 2 aromatic heterocycles. The minimum atomic E-state index is -0.905. The van der Waals surface area contributed by atoms with Gasteiger partial charge >= 0.3 is 5.97 Å². The second-order valence-corrected chi connectivity index (χ2v) is 6.00. The van der Waals surface area contributed by atoms with E-state index in [2.05, 4.69) is 11.2 Å². The fourth-order valence-corrected chi connectivity index (χ4v) is 3.82. The Hall–Kier alpha value is -2.33. The van der Waals surface area contributed by atoms with Gasteiger partial charge in [0.2, 0.25) is 0 Å². The summed E-state index contributed by atoms with van der Waals surface area (Å²) in [5.41, 5.74) is 1.89. The number of nitrogens with zero attached hydrogens (tertiary/aromatic N) is 4. The van der Waals surface area contributed by atoms with Gasteiger partial charge in [-0.3, -0.25) is 4.68 Å². The number of aryl methyl sites for hydroxylation is 2. The van der Waals surface area contributed by atoms with Gasteiger partial charge in [0.25, 0.3) is 0 Å². The third-order valence-corrected chi connectivity index (χ3v) is 4.77. The predicted molar refractivity (Wildman–Crippen MR) is 78.4 cm³/mol. The topological polar surface area (TPSA) is 82.2 Å². The highest BCUT2D eigenvalue weighted by molar-refractivity contribution is 7.10. The van der Waals surface area contributed by atoms with Crippen molar-refractivity contribution in [3.63, 3.8) is 0 Å². The summed E-state index contributed by atoms with van der Waals surface area (Å²) in [6.45, 7) is 2.33. The number of carbonyl (C=O) groups is 1. The first-order chi connectivity index (χ1) is 10.0. The highest BCUT2D eigenvalue weighted by Gasteiger charge is 2.36. The van der Waals surface area contributed by atoms with Gasteiger partial charge in [-0.05, 0) is 30.4 Å². The van der Waals surface area contributed by atoms with Gasteiger partial charge in [-0.2, -0.15) is 10.4 Å². The van der Waals surface area contributed by atoms with Crippen LogP contribution in [-0.2, 0) is 18.3 Å². The summed E-state index contributed by atoms with van der Waals surface area (Å²) in [5, 5.41) is 25.2. The van der Waals surface area contributed by atoms with E-state index in [1.807, 2.05) is 11.4 Å². The molecule has 7 heteroatoms. The van der Waals surface area contributed by atoms with E-state index < -0.39 is 12.0 Å². The molecular weight excluding hydrogens is 288 g/mol. The highest BCUT2D eigenvalue weighted by Crippen LogP contribution is 2.38. The lowest BCUT2D eigenvalue weighted by molar-refractivity contribution is -0.138. The lowest BCUT2D eigenvalue weighted by Crippen LogP contribution is -2.40. The summed E-state index contributed by atoms with van der Waals surface area (Å²) in [7, 11) is 1.74. The van der Waals surface area contributed by atoms with Crippen LogP contribution in [0.25, 0.3) is 0 Å². The van der Waals surface area contributed by atoms with Crippen LogP contribution in [0.5, 0.6) is 0 Å². The Balaban J connectivity index is 2.15. The van der Waals surface area contributed by atoms with E-state index in [9.17, 15) is 15.2 Å². The van der Waals surface area contributed by atoms with Gasteiger partial charge in [-0.1, -0.05) is 0 Å². The fourth-order valence-electron chi connectivity index (χ4n) is 2.92. The second kappa shape index (κ2) is 4.90. The number of nitriles is 1. The third-order valence-electron chi connectivity index (χ3n) is 3.78. The van der Waals surface area contributed by atoms with Crippen LogP contribution in [0, 0.1) is 18.3 Å². The molecule has 0 amide bonds. The van der Waals surface area contributed by atoms with E-state index in [1.54, 1.807) is 34.9 Å². The molecule has 1 unspecified atom stereocenters. The number of aromatic nitrogens is 2. The number of hydrogen-bond acceptors (Lipinski definition) is 5. The zero-order valence-electron chi connectivity index (χ0n) is 11.7. The van der Waals surface area contributed by atoms with Crippen molar-refractivity contribution in [1.29, 1.82) is 5.26 Å². The van der Waals surface area contributed by atoms with Gasteiger partial charge < -0.3 is 10.0 Å². The van der Waals surface area contributed by atoms with Crippen molar-refractivity contribution < 1.29 is 9.90 Å². The van der Waals surface area contributed by atoms with Crippen LogP contribution in [0.4, 0.5) is 5.82 Å². The molecule has 1 aliphatic heterocycles. The van der Waals surface area contributed by atoms with E-state index in [0.717, 1.165) is 16.9 Å². The van der Waals surface area contributed by atoms with Crippen molar-refractivity contribution in [2.75, 3.05) is 11.4 Å². The molecule has 1 aliphatic rings. The molecule has 0 saturated carbocycles. The first-order valence-corrected chi connectivity index (χ1v) is 7.42. The highest BCUT2D eigenvalue weighted by atomic mass is 32.1. The zero-order chi connectivity index (χ0) is 15.1. The summed E-state index contributed by atoms with van der Waals surface area (Å²) >= 11 is 1.59. The molecule has 3 rings (SSSR count). The molecule has 2 aromatic rings. The maximum atomic E-state index is 11.8. The molecular formula is C14H14N4O2S. The standard InChI is InChI=1S/C14H14N4O2S/c1-8-10(7-15)13(17(2)16-8)18-5-3-11-9(4-6-21-11)12(18)14(19)20/h4,6,12H,3,5H2,1-2H3,(H,19,20). The van der Waals surface area contributed by atoms with Crippen molar-refractivity contribution in [2.45, 2.75) is 19.4 Å². The second-order valence-electron chi connectivity index (χ2n) is 5.00. The molecule has 0 fully saturated rings. The molecule has 0 bridgehead atoms. The van der Waals surface area contributed by atoms with Gasteiger partial charge in [0.15, 0.2) is 6.04 Å². The predicted octanol–water partition coefficient (Wildman–Crippen LogP) is 1.85. The Morgan fingerprint density at radius 2 is 2.38 bits per heavy atom. The Bertz CT molecular complexity index is 756. The monoisotopic (exact) mass is 302 g/mol. The van der Waals surface area contributed by atoms with Crippen molar-refractivity contribution >= 4 is 23.1 Å². The average Bonchev–Trinajstić information content (AvgIpc) is 3.00. The number of aliphatic carboxylic acids is 1. The van der Waals surface area contributed by atoms with Gasteiger partial charge in [0.05, 0.1) is 5.69 Å². The lowest BCUT2D eigenvalue weighted by Gasteiger charge is -2.34. The maximum absolute atomic E-state index is 11.8. The number of fused-ring (bicyclic) bond motifs is 1. The summed E-state index contributed by atoms with van der Waals surface area (Å²) in [6.07, 6.45) is 0.784. The first-order valence-electron chi connectivity index (χ1n) is 6.54. The molecule has 21 heavy (non-hydrogen) atoms.